The molecule has 1 heterocycles. The highest BCUT2D eigenvalue weighted by Crippen LogP contribution is 2.29. The van der Waals surface area contributed by atoms with E-state index in [2.05, 4.69) is 33.0 Å². The number of benzene rings is 1. The van der Waals surface area contributed by atoms with Crippen molar-refractivity contribution >= 4 is 15.9 Å². The van der Waals surface area contributed by atoms with Gasteiger partial charge in [0.25, 0.3) is 0 Å². The Kier molecular flexibility index (Phi) is 3.23. The van der Waals surface area contributed by atoms with Gasteiger partial charge >= 0.3 is 0 Å². The van der Waals surface area contributed by atoms with Crippen LogP contribution in [0.2, 0.25) is 0 Å². The number of hydrogen-bond acceptors (Lipinski definition) is 1. The van der Waals surface area contributed by atoms with E-state index < -0.39 is 0 Å². The first-order chi connectivity index (χ1) is 7.33. The number of aromatic nitrogens is 1. The summed E-state index contributed by atoms with van der Waals surface area (Å²) in [6, 6.07) is 10.3. The number of nitrogens with one attached hydrogen (secondary N) is 1. The Morgan fingerprint density at radius 3 is 2.67 bits per heavy atom. The normalized spacial score (nSPS) is 12.7. The van der Waals surface area contributed by atoms with Crippen molar-refractivity contribution < 1.29 is 0 Å². The number of H-pyrrole nitrogens is 1. The molecule has 3 heteroatoms. The van der Waals surface area contributed by atoms with Crippen molar-refractivity contribution in [3.63, 3.8) is 0 Å². The number of nitrogens with two attached hydrogens (primary N) is 1. The monoisotopic (exact) mass is 264 g/mol. The fraction of sp³-hybridized carbons (Fsp3) is 0.167. The summed E-state index contributed by atoms with van der Waals surface area (Å²) >= 11 is 3.56. The molecule has 0 radical (unpaired) electrons. The molecular formula is C12H13BrN2. The third-order valence-corrected chi connectivity index (χ3v) is 3.26. The molecule has 1 aromatic carbocycles. The Morgan fingerprint density at radius 2 is 2.07 bits per heavy atom. The van der Waals surface area contributed by atoms with Crippen molar-refractivity contribution in [2.75, 3.05) is 6.54 Å². The maximum atomic E-state index is 5.83. The quantitative estimate of drug-likeness (QED) is 0.880. The van der Waals surface area contributed by atoms with Crippen LogP contribution in [0.3, 0.4) is 0 Å². The molecule has 2 aromatic rings. The van der Waals surface area contributed by atoms with E-state index in [9.17, 15) is 0 Å². The van der Waals surface area contributed by atoms with E-state index in [1.807, 2.05) is 30.6 Å². The van der Waals surface area contributed by atoms with Gasteiger partial charge in [-0.25, -0.2) is 0 Å². The zero-order chi connectivity index (χ0) is 10.7. The van der Waals surface area contributed by atoms with Crippen LogP contribution in [0, 0.1) is 0 Å². The van der Waals surface area contributed by atoms with E-state index in [0.717, 1.165) is 4.47 Å². The van der Waals surface area contributed by atoms with Crippen molar-refractivity contribution in [3.8, 4) is 0 Å². The van der Waals surface area contributed by atoms with Gasteiger partial charge < -0.3 is 10.7 Å². The van der Waals surface area contributed by atoms with Crippen molar-refractivity contribution in [1.82, 2.24) is 4.98 Å². The second kappa shape index (κ2) is 4.64. The second-order valence-electron chi connectivity index (χ2n) is 3.45. The van der Waals surface area contributed by atoms with E-state index in [-0.39, 0.29) is 5.92 Å². The highest BCUT2D eigenvalue weighted by atomic mass is 79.9. The summed E-state index contributed by atoms with van der Waals surface area (Å²) in [6.07, 6.45) is 3.92. The number of aromatic amines is 1. The van der Waals surface area contributed by atoms with Crippen LogP contribution in [0.1, 0.15) is 17.0 Å². The summed E-state index contributed by atoms with van der Waals surface area (Å²) in [6.45, 7) is 0.612. The predicted octanol–water partition coefficient (Wildman–Crippen LogP) is 2.87. The van der Waals surface area contributed by atoms with Gasteiger partial charge in [0.15, 0.2) is 0 Å². The summed E-state index contributed by atoms with van der Waals surface area (Å²) in [5.74, 6) is 0.256. The Hall–Kier alpha value is -1.06. The SMILES string of the molecule is NCC(c1cc[nH]c1)c1ccccc1Br. The summed E-state index contributed by atoms with van der Waals surface area (Å²) in [5, 5.41) is 0. The van der Waals surface area contributed by atoms with E-state index in [1.165, 1.54) is 11.1 Å². The third-order valence-electron chi connectivity index (χ3n) is 2.54. The van der Waals surface area contributed by atoms with Crippen LogP contribution >= 0.6 is 15.9 Å². The molecule has 0 aliphatic rings. The predicted molar refractivity (Wildman–Crippen MR) is 65.8 cm³/mol. The largest absolute Gasteiger partial charge is 0.367 e. The third kappa shape index (κ3) is 2.13. The average Bonchev–Trinajstić information content (AvgIpc) is 2.75. The molecule has 0 saturated heterocycles. The van der Waals surface area contributed by atoms with E-state index in [0.29, 0.717) is 6.54 Å². The Balaban J connectivity index is 2.40. The molecule has 78 valence electrons. The van der Waals surface area contributed by atoms with Crippen molar-refractivity contribution in [3.05, 3.63) is 58.3 Å². The number of hydrogen-bond donors (Lipinski definition) is 2. The van der Waals surface area contributed by atoms with Crippen LogP contribution < -0.4 is 5.73 Å². The first-order valence-electron chi connectivity index (χ1n) is 4.90. The molecule has 1 atom stereocenters. The summed E-state index contributed by atoms with van der Waals surface area (Å²) in [7, 11) is 0. The molecule has 0 bridgehead atoms. The van der Waals surface area contributed by atoms with Gasteiger partial charge in [-0.3, -0.25) is 0 Å². The van der Waals surface area contributed by atoms with Crippen molar-refractivity contribution in [1.29, 1.82) is 0 Å². The minimum atomic E-state index is 0.256. The Bertz CT molecular complexity index is 423. The molecule has 2 rings (SSSR count). The maximum Gasteiger partial charge on any atom is 0.0238 e. The first kappa shape index (κ1) is 10.5. The fourth-order valence-corrected chi connectivity index (χ4v) is 2.31. The van der Waals surface area contributed by atoms with Gasteiger partial charge in [-0.1, -0.05) is 34.1 Å². The van der Waals surface area contributed by atoms with Gasteiger partial charge in [0.05, 0.1) is 0 Å². The highest BCUT2D eigenvalue weighted by Gasteiger charge is 2.14. The lowest BCUT2D eigenvalue weighted by atomic mass is 9.93. The van der Waals surface area contributed by atoms with E-state index in [1.54, 1.807) is 0 Å². The maximum absolute atomic E-state index is 5.83. The van der Waals surface area contributed by atoms with Gasteiger partial charge in [-0.05, 0) is 23.3 Å². The molecule has 0 amide bonds. The molecular weight excluding hydrogens is 252 g/mol. The summed E-state index contributed by atoms with van der Waals surface area (Å²) < 4.78 is 1.11. The van der Waals surface area contributed by atoms with E-state index in [4.69, 9.17) is 5.73 Å². The second-order valence-corrected chi connectivity index (χ2v) is 4.31. The van der Waals surface area contributed by atoms with Crippen LogP contribution in [0.15, 0.2) is 47.2 Å². The van der Waals surface area contributed by atoms with Crippen LogP contribution in [0.25, 0.3) is 0 Å². The molecule has 0 aliphatic heterocycles. The molecule has 1 unspecified atom stereocenters. The topological polar surface area (TPSA) is 41.8 Å². The fourth-order valence-electron chi connectivity index (χ4n) is 1.75. The highest BCUT2D eigenvalue weighted by molar-refractivity contribution is 9.10. The number of halogens is 1. The van der Waals surface area contributed by atoms with Crippen LogP contribution in [0.5, 0.6) is 0 Å². The Morgan fingerprint density at radius 1 is 1.27 bits per heavy atom. The molecule has 1 aromatic heterocycles. The van der Waals surface area contributed by atoms with Crippen LogP contribution in [-0.4, -0.2) is 11.5 Å². The minimum Gasteiger partial charge on any atom is -0.367 e. The lowest BCUT2D eigenvalue weighted by Crippen LogP contribution is -2.13. The lowest BCUT2D eigenvalue weighted by molar-refractivity contribution is 0.816. The van der Waals surface area contributed by atoms with Crippen LogP contribution in [-0.2, 0) is 0 Å². The lowest BCUT2D eigenvalue weighted by Gasteiger charge is -2.15. The van der Waals surface area contributed by atoms with Gasteiger partial charge in [0.2, 0.25) is 0 Å². The smallest absolute Gasteiger partial charge is 0.0238 e. The standard InChI is InChI=1S/C12H13BrN2/c13-12-4-2-1-3-10(12)11(7-14)9-5-6-15-8-9/h1-6,8,11,15H,7,14H2. The first-order valence-corrected chi connectivity index (χ1v) is 5.69. The molecule has 2 nitrogen and oxygen atoms in total. The van der Waals surface area contributed by atoms with Crippen molar-refractivity contribution in [2.45, 2.75) is 5.92 Å². The zero-order valence-corrected chi connectivity index (χ0v) is 9.87. The summed E-state index contributed by atoms with van der Waals surface area (Å²) in [5.41, 5.74) is 8.29. The molecule has 15 heavy (non-hydrogen) atoms. The molecule has 3 N–H and O–H groups in total. The van der Waals surface area contributed by atoms with E-state index >= 15 is 0 Å². The average molecular weight is 265 g/mol. The van der Waals surface area contributed by atoms with Gasteiger partial charge in [-0.15, -0.1) is 0 Å². The minimum absolute atomic E-state index is 0.256. The number of rotatable bonds is 3. The van der Waals surface area contributed by atoms with Crippen LogP contribution in [0.4, 0.5) is 0 Å². The van der Waals surface area contributed by atoms with Gasteiger partial charge in [0.1, 0.15) is 0 Å². The summed E-state index contributed by atoms with van der Waals surface area (Å²) in [4.78, 5) is 3.06. The zero-order valence-electron chi connectivity index (χ0n) is 8.28. The molecule has 0 saturated carbocycles. The van der Waals surface area contributed by atoms with Crippen molar-refractivity contribution in [2.24, 2.45) is 5.73 Å². The Labute approximate surface area is 97.6 Å². The molecule has 0 aliphatic carbocycles. The molecule has 0 fully saturated rings. The van der Waals surface area contributed by atoms with Gasteiger partial charge in [0, 0.05) is 29.3 Å². The molecule has 0 spiro atoms. The van der Waals surface area contributed by atoms with Gasteiger partial charge in [-0.2, -0.15) is 0 Å².